The van der Waals surface area contributed by atoms with Crippen LogP contribution in [0.15, 0.2) is 60.9 Å². The van der Waals surface area contributed by atoms with Crippen molar-refractivity contribution in [3.63, 3.8) is 0 Å². The number of primary amides is 1. The van der Waals surface area contributed by atoms with Gasteiger partial charge in [0, 0.05) is 82.8 Å². The number of ketones is 1. The molecular weight excluding hydrogens is 761 g/mol. The number of nitrogens with zero attached hydrogens (tertiary/aromatic N) is 7. The number of rotatable bonds is 12. The molecule has 300 valence electrons. The average molecular weight is 809 g/mol. The summed E-state index contributed by atoms with van der Waals surface area (Å²) in [5.41, 5.74) is 9.80. The number of Topliss-reactive ketones (excluding diaryl/α,β-unsaturated/α-hetero) is 1. The highest BCUT2D eigenvalue weighted by Gasteiger charge is 2.26. The van der Waals surface area contributed by atoms with Gasteiger partial charge in [-0.3, -0.25) is 9.59 Å². The second-order valence-corrected chi connectivity index (χ2v) is 17.3. The highest BCUT2D eigenvalue weighted by atomic mass is 32.2. The molecular formula is C36H48N12O6S2. The molecule has 2 fully saturated rings. The number of nitrogens with one attached hydrogen (secondary N) is 4. The summed E-state index contributed by atoms with van der Waals surface area (Å²) >= 11 is 0. The van der Waals surface area contributed by atoms with E-state index in [0.717, 1.165) is 29.9 Å². The first kappa shape index (κ1) is 41.7. The van der Waals surface area contributed by atoms with E-state index in [0.29, 0.717) is 74.3 Å². The van der Waals surface area contributed by atoms with E-state index in [1.54, 1.807) is 18.4 Å². The average Bonchev–Trinajstić information content (AvgIpc) is 3.18. The lowest BCUT2D eigenvalue weighted by Gasteiger charge is -2.34. The van der Waals surface area contributed by atoms with Gasteiger partial charge in [-0.2, -0.15) is 14.3 Å². The van der Waals surface area contributed by atoms with Gasteiger partial charge in [-0.05, 0) is 67.6 Å². The maximum atomic E-state index is 11.6. The van der Waals surface area contributed by atoms with Gasteiger partial charge in [0.25, 0.3) is 5.91 Å². The van der Waals surface area contributed by atoms with Crippen LogP contribution < -0.4 is 31.9 Å². The van der Waals surface area contributed by atoms with Crippen molar-refractivity contribution < 1.29 is 26.4 Å². The Kier molecular flexibility index (Phi) is 13.4. The Balaban J connectivity index is 0.000000214. The molecule has 56 heavy (non-hydrogen) atoms. The van der Waals surface area contributed by atoms with E-state index in [9.17, 15) is 26.4 Å². The molecule has 2 aliphatic rings. The van der Waals surface area contributed by atoms with E-state index >= 15 is 0 Å². The van der Waals surface area contributed by atoms with E-state index in [1.807, 2.05) is 48.5 Å². The van der Waals surface area contributed by atoms with Gasteiger partial charge in [-0.15, -0.1) is 0 Å². The number of nitrogens with two attached hydrogens (primary N) is 1. The van der Waals surface area contributed by atoms with Crippen LogP contribution >= 0.6 is 0 Å². The molecule has 0 atom stereocenters. The van der Waals surface area contributed by atoms with Crippen molar-refractivity contribution in [3.8, 4) is 0 Å². The minimum absolute atomic E-state index is 0.0952. The third kappa shape index (κ3) is 10.9. The predicted octanol–water partition coefficient (Wildman–Crippen LogP) is 3.05. The summed E-state index contributed by atoms with van der Waals surface area (Å²) in [4.78, 5) is 42.0. The fraction of sp³-hybridized carbons (Fsp3) is 0.389. The summed E-state index contributed by atoms with van der Waals surface area (Å²) in [6, 6.07) is 15.7. The molecule has 0 aliphatic carbocycles. The molecule has 6 rings (SSSR count). The topological polar surface area (TPSA) is 238 Å². The number of carbonyl (C=O) groups is 2. The Hall–Kier alpha value is -5.44. The molecule has 0 unspecified atom stereocenters. The SMILES string of the molecule is CNc1nc(Nc2ccc(C3CCN(S(C)(=O)=O)CC3)cc2)ncc1C(C)=O.CNc1nc(Nc2ccc(N3CCN(S(C)(=O)=O)CC3)cc2)ncc1C(N)=O. The zero-order valence-corrected chi connectivity index (χ0v) is 33.6. The maximum absolute atomic E-state index is 11.6. The van der Waals surface area contributed by atoms with E-state index in [1.165, 1.54) is 41.7 Å². The van der Waals surface area contributed by atoms with Gasteiger partial charge in [0.15, 0.2) is 5.78 Å². The van der Waals surface area contributed by atoms with Crippen LogP contribution in [0, 0.1) is 0 Å². The molecule has 2 aromatic carbocycles. The van der Waals surface area contributed by atoms with E-state index in [2.05, 4.69) is 46.1 Å². The standard InChI is InChI=1S/C19H25N5O3S.C17H23N7O3S/c1-13(25)17-12-21-19(23-18(17)20-2)22-16-6-4-14(5-7-16)15-8-10-24(11-9-15)28(3,26)27;1-19-16-14(15(18)25)11-20-17(22-16)21-12-3-5-13(6-4-12)23-7-9-24(10-8-23)28(2,26)27/h4-7,12,15H,8-11H2,1-3H3,(H2,20,21,22,23);3-6,11H,7-10H2,1-2H3,(H2,18,25)(H2,19,20,21,22). The van der Waals surface area contributed by atoms with Gasteiger partial charge in [0.05, 0.1) is 23.6 Å². The number of amides is 1. The molecule has 2 saturated heterocycles. The molecule has 18 nitrogen and oxygen atoms in total. The van der Waals surface area contributed by atoms with Gasteiger partial charge in [0.2, 0.25) is 31.9 Å². The number of piperidine rings is 1. The van der Waals surface area contributed by atoms with E-state index in [4.69, 9.17) is 5.73 Å². The summed E-state index contributed by atoms with van der Waals surface area (Å²) in [6.07, 6.45) is 7.02. The zero-order chi connectivity index (χ0) is 40.6. The smallest absolute Gasteiger partial charge is 0.254 e. The van der Waals surface area contributed by atoms with Gasteiger partial charge in [-0.1, -0.05) is 12.1 Å². The van der Waals surface area contributed by atoms with Crippen LogP contribution in [0.5, 0.6) is 0 Å². The van der Waals surface area contributed by atoms with Gasteiger partial charge in [0.1, 0.15) is 11.6 Å². The quantitative estimate of drug-likeness (QED) is 0.129. The Morgan fingerprint density at radius 3 is 1.57 bits per heavy atom. The lowest BCUT2D eigenvalue weighted by molar-refractivity contribution is 0.0996. The third-order valence-electron chi connectivity index (χ3n) is 9.45. The molecule has 4 heterocycles. The van der Waals surface area contributed by atoms with Crippen molar-refractivity contribution in [3.05, 3.63) is 77.6 Å². The minimum atomic E-state index is -3.14. The Bertz CT molecular complexity index is 2070. The Morgan fingerprint density at radius 2 is 1.12 bits per heavy atom. The predicted molar refractivity (Wildman–Crippen MR) is 218 cm³/mol. The molecule has 0 spiro atoms. The highest BCUT2D eigenvalue weighted by Crippen LogP contribution is 2.30. The molecule has 2 aromatic heterocycles. The molecule has 6 N–H and O–H groups in total. The van der Waals surface area contributed by atoms with Gasteiger partial charge < -0.3 is 31.9 Å². The highest BCUT2D eigenvalue weighted by molar-refractivity contribution is 7.88. The van der Waals surface area contributed by atoms with Crippen molar-refractivity contribution in [2.45, 2.75) is 25.7 Å². The Labute approximate surface area is 327 Å². The molecule has 20 heteroatoms. The summed E-state index contributed by atoms with van der Waals surface area (Å²) in [7, 11) is -2.88. The number of hydrogen-bond donors (Lipinski definition) is 5. The number of hydrogen-bond acceptors (Lipinski definition) is 15. The lowest BCUT2D eigenvalue weighted by Crippen LogP contribution is -2.48. The third-order valence-corrected chi connectivity index (χ3v) is 12.1. The van der Waals surface area contributed by atoms with Crippen LogP contribution in [0.1, 0.15) is 52.0 Å². The monoisotopic (exact) mass is 808 g/mol. The van der Waals surface area contributed by atoms with Crippen LogP contribution in [0.4, 0.5) is 40.6 Å². The summed E-state index contributed by atoms with van der Waals surface area (Å²) in [6.45, 7) is 4.84. The van der Waals surface area contributed by atoms with Crippen molar-refractivity contribution in [1.29, 1.82) is 0 Å². The largest absolute Gasteiger partial charge is 0.372 e. The molecule has 0 bridgehead atoms. The Morgan fingerprint density at radius 1 is 0.679 bits per heavy atom. The van der Waals surface area contributed by atoms with Crippen molar-refractivity contribution in [2.24, 2.45) is 5.73 Å². The number of carbonyl (C=O) groups excluding carboxylic acids is 2. The normalized spacial score (nSPS) is 15.6. The molecule has 0 saturated carbocycles. The molecule has 2 aliphatic heterocycles. The summed E-state index contributed by atoms with van der Waals surface area (Å²) < 4.78 is 49.5. The second kappa shape index (κ2) is 18.0. The number of sulfonamides is 2. The van der Waals surface area contributed by atoms with Crippen LogP contribution in [0.3, 0.4) is 0 Å². The van der Waals surface area contributed by atoms with Gasteiger partial charge >= 0.3 is 0 Å². The number of benzene rings is 2. The van der Waals surface area contributed by atoms with Crippen molar-refractivity contribution >= 4 is 72.3 Å². The van der Waals surface area contributed by atoms with Crippen molar-refractivity contribution in [1.82, 2.24) is 28.5 Å². The van der Waals surface area contributed by atoms with Crippen LogP contribution in [0.25, 0.3) is 0 Å². The van der Waals surface area contributed by atoms with E-state index in [-0.39, 0.29) is 11.3 Å². The maximum Gasteiger partial charge on any atom is 0.254 e. The van der Waals surface area contributed by atoms with Gasteiger partial charge in [-0.25, -0.2) is 31.1 Å². The number of aromatic nitrogens is 4. The van der Waals surface area contributed by atoms with Crippen LogP contribution in [-0.4, -0.2) is 123 Å². The fourth-order valence-electron chi connectivity index (χ4n) is 6.35. The number of anilines is 7. The second-order valence-electron chi connectivity index (χ2n) is 13.3. The molecule has 4 aromatic rings. The zero-order valence-electron chi connectivity index (χ0n) is 32.0. The molecule has 1 amide bonds. The molecule has 0 radical (unpaired) electrons. The minimum Gasteiger partial charge on any atom is -0.372 e. The van der Waals surface area contributed by atoms with Crippen molar-refractivity contribution in [2.75, 3.05) is 92.0 Å². The first-order valence-electron chi connectivity index (χ1n) is 17.8. The summed E-state index contributed by atoms with van der Waals surface area (Å²) in [5, 5.41) is 12.0. The van der Waals surface area contributed by atoms with Crippen LogP contribution in [-0.2, 0) is 20.0 Å². The lowest BCUT2D eigenvalue weighted by atomic mass is 9.90. The summed E-state index contributed by atoms with van der Waals surface area (Å²) in [5.74, 6) is 1.24. The fourth-order valence-corrected chi connectivity index (χ4v) is 8.06. The number of piperazine rings is 1. The first-order valence-corrected chi connectivity index (χ1v) is 21.5. The van der Waals surface area contributed by atoms with Crippen LogP contribution in [0.2, 0.25) is 0 Å². The first-order chi connectivity index (χ1) is 26.5. The van der Waals surface area contributed by atoms with E-state index < -0.39 is 26.0 Å².